The molecular weight excluding hydrogens is 401 g/mol. The minimum absolute atomic E-state index is 0.0369. The monoisotopic (exact) mass is 421 g/mol. The molecule has 1 heterocycles. The molecule has 0 aromatic heterocycles. The van der Waals surface area contributed by atoms with Gasteiger partial charge in [-0.05, 0) is 61.6 Å². The molecule has 0 unspecified atom stereocenters. The lowest BCUT2D eigenvalue weighted by molar-refractivity contribution is 0.0619. The summed E-state index contributed by atoms with van der Waals surface area (Å²) < 4.78 is 7.02. The van der Waals surface area contributed by atoms with Gasteiger partial charge >= 0.3 is 0 Å². The fourth-order valence-electron chi connectivity index (χ4n) is 2.98. The number of amides is 1. The number of hydrogen-bond acceptors (Lipinski definition) is 2. The van der Waals surface area contributed by atoms with Gasteiger partial charge < -0.3 is 10.1 Å². The highest BCUT2D eigenvalue weighted by Gasteiger charge is 2.34. The maximum Gasteiger partial charge on any atom is 0.252 e. The normalized spacial score (nSPS) is 18.7. The topological polar surface area (TPSA) is 38.3 Å². The van der Waals surface area contributed by atoms with Crippen LogP contribution >= 0.6 is 22.6 Å². The number of carbonyl (C=O) groups excluding carboxylic acids is 1. The summed E-state index contributed by atoms with van der Waals surface area (Å²) in [5, 5.41) is 3.19. The third kappa shape index (κ3) is 3.52. The molecule has 1 atom stereocenters. The zero-order valence-electron chi connectivity index (χ0n) is 13.5. The van der Waals surface area contributed by atoms with Crippen LogP contribution in [0.1, 0.15) is 47.8 Å². The van der Waals surface area contributed by atoms with Crippen LogP contribution in [0.2, 0.25) is 0 Å². The van der Waals surface area contributed by atoms with E-state index >= 15 is 0 Å². The fraction of sp³-hybridized carbons (Fsp3) is 0.316. The second kappa shape index (κ2) is 6.15. The van der Waals surface area contributed by atoms with Crippen molar-refractivity contribution in [2.45, 2.75) is 38.8 Å². The lowest BCUT2D eigenvalue weighted by Crippen LogP contribution is -2.41. The molecule has 0 bridgehead atoms. The van der Waals surface area contributed by atoms with Crippen LogP contribution in [0.25, 0.3) is 0 Å². The van der Waals surface area contributed by atoms with Crippen molar-refractivity contribution in [3.8, 4) is 5.75 Å². The minimum Gasteiger partial charge on any atom is -0.487 e. The van der Waals surface area contributed by atoms with Crippen molar-refractivity contribution < 1.29 is 9.53 Å². The second-order valence-corrected chi connectivity index (χ2v) is 7.78. The van der Waals surface area contributed by atoms with Gasteiger partial charge in [0.05, 0.1) is 11.6 Å². The summed E-state index contributed by atoms with van der Waals surface area (Å²) in [6, 6.07) is 13.7. The third-order valence-corrected chi connectivity index (χ3v) is 4.99. The van der Waals surface area contributed by atoms with E-state index in [0.29, 0.717) is 5.56 Å². The Morgan fingerprint density at radius 3 is 2.74 bits per heavy atom. The van der Waals surface area contributed by atoms with Crippen molar-refractivity contribution >= 4 is 28.5 Å². The fourth-order valence-corrected chi connectivity index (χ4v) is 3.62. The molecule has 0 aliphatic carbocycles. The molecule has 0 saturated heterocycles. The number of rotatable bonds is 2. The summed E-state index contributed by atoms with van der Waals surface area (Å²) in [6.07, 6.45) is 0.749. The number of carbonyl (C=O) groups is 1. The van der Waals surface area contributed by atoms with Crippen molar-refractivity contribution in [3.05, 3.63) is 62.7 Å². The molecular formula is C19H20INO2. The molecule has 0 fully saturated rings. The number of hydrogen-bond donors (Lipinski definition) is 1. The van der Waals surface area contributed by atoms with Gasteiger partial charge in [0.1, 0.15) is 11.4 Å². The highest BCUT2D eigenvalue weighted by molar-refractivity contribution is 14.1. The molecule has 1 N–H and O–H groups in total. The summed E-state index contributed by atoms with van der Waals surface area (Å²) >= 11 is 2.20. The molecule has 1 aliphatic rings. The van der Waals surface area contributed by atoms with Crippen LogP contribution in [0.15, 0.2) is 42.5 Å². The van der Waals surface area contributed by atoms with E-state index < -0.39 is 0 Å². The number of nitrogens with one attached hydrogen (secondary N) is 1. The van der Waals surface area contributed by atoms with E-state index in [-0.39, 0.29) is 17.6 Å². The molecule has 23 heavy (non-hydrogen) atoms. The van der Waals surface area contributed by atoms with Gasteiger partial charge in [-0.2, -0.15) is 0 Å². The third-order valence-electron chi connectivity index (χ3n) is 4.05. The highest BCUT2D eigenvalue weighted by Crippen LogP contribution is 2.40. The zero-order valence-corrected chi connectivity index (χ0v) is 15.7. The van der Waals surface area contributed by atoms with Crippen LogP contribution in [0.5, 0.6) is 5.75 Å². The van der Waals surface area contributed by atoms with Crippen molar-refractivity contribution in [1.29, 1.82) is 0 Å². The predicted octanol–water partition coefficient (Wildman–Crippen LogP) is 4.63. The van der Waals surface area contributed by atoms with Crippen LogP contribution in [0, 0.1) is 10.5 Å². The Kier molecular flexibility index (Phi) is 4.36. The Hall–Kier alpha value is -1.56. The van der Waals surface area contributed by atoms with Gasteiger partial charge in [0.15, 0.2) is 0 Å². The lowest BCUT2D eigenvalue weighted by atomic mass is 9.88. The van der Waals surface area contributed by atoms with E-state index in [1.807, 2.05) is 36.4 Å². The Balaban J connectivity index is 1.92. The van der Waals surface area contributed by atoms with Crippen LogP contribution in [-0.4, -0.2) is 11.5 Å². The smallest absolute Gasteiger partial charge is 0.252 e. The van der Waals surface area contributed by atoms with Gasteiger partial charge in [0.25, 0.3) is 5.91 Å². The van der Waals surface area contributed by atoms with E-state index in [2.05, 4.69) is 54.7 Å². The molecule has 3 rings (SSSR count). The summed E-state index contributed by atoms with van der Waals surface area (Å²) in [7, 11) is 0. The average molecular weight is 421 g/mol. The number of fused-ring (bicyclic) bond motifs is 1. The number of ether oxygens (including phenoxy) is 1. The van der Waals surface area contributed by atoms with E-state index in [1.165, 1.54) is 5.56 Å². The maximum atomic E-state index is 12.7. The molecule has 0 radical (unpaired) electrons. The Morgan fingerprint density at radius 1 is 1.26 bits per heavy atom. The first-order valence-corrected chi connectivity index (χ1v) is 8.78. The van der Waals surface area contributed by atoms with Crippen LogP contribution in [0.3, 0.4) is 0 Å². The van der Waals surface area contributed by atoms with Crippen molar-refractivity contribution in [3.63, 3.8) is 0 Å². The van der Waals surface area contributed by atoms with Gasteiger partial charge in [-0.1, -0.05) is 29.8 Å². The van der Waals surface area contributed by atoms with Gasteiger partial charge in [-0.25, -0.2) is 0 Å². The molecule has 1 amide bonds. The molecule has 0 spiro atoms. The second-order valence-electron chi connectivity index (χ2n) is 6.61. The van der Waals surface area contributed by atoms with Crippen LogP contribution < -0.4 is 10.1 Å². The number of benzene rings is 2. The standard InChI is InChI=1S/C19H20INO2/c1-12-8-9-17-14(10-12)16(11-19(2,3)23-17)21-18(22)13-6-4-5-7-15(13)20/h4-10,16H,11H2,1-3H3,(H,21,22)/t16-/m1/s1. The minimum atomic E-state index is -0.302. The van der Waals surface area contributed by atoms with Crippen molar-refractivity contribution in [2.75, 3.05) is 0 Å². The first-order chi connectivity index (χ1) is 10.9. The maximum absolute atomic E-state index is 12.7. The molecule has 4 heteroatoms. The lowest BCUT2D eigenvalue weighted by Gasteiger charge is -2.38. The summed E-state index contributed by atoms with van der Waals surface area (Å²) in [5.74, 6) is 0.824. The van der Waals surface area contributed by atoms with Gasteiger partial charge in [0, 0.05) is 15.6 Å². The van der Waals surface area contributed by atoms with Crippen LogP contribution in [0.4, 0.5) is 0 Å². The molecule has 120 valence electrons. The first-order valence-electron chi connectivity index (χ1n) is 7.71. The van der Waals surface area contributed by atoms with Crippen LogP contribution in [-0.2, 0) is 0 Å². The summed E-state index contributed by atoms with van der Waals surface area (Å²) in [6.45, 7) is 6.17. The summed E-state index contributed by atoms with van der Waals surface area (Å²) in [4.78, 5) is 12.7. The Morgan fingerprint density at radius 2 is 2.00 bits per heavy atom. The zero-order chi connectivity index (χ0) is 16.6. The van der Waals surface area contributed by atoms with E-state index in [4.69, 9.17) is 4.74 Å². The van der Waals surface area contributed by atoms with Crippen molar-refractivity contribution in [1.82, 2.24) is 5.32 Å². The van der Waals surface area contributed by atoms with E-state index in [1.54, 1.807) is 0 Å². The van der Waals surface area contributed by atoms with E-state index in [9.17, 15) is 4.79 Å². The molecule has 2 aromatic carbocycles. The number of halogens is 1. The highest BCUT2D eigenvalue weighted by atomic mass is 127. The Bertz CT molecular complexity index is 755. The molecule has 3 nitrogen and oxygen atoms in total. The Labute approximate surface area is 150 Å². The summed E-state index contributed by atoms with van der Waals surface area (Å²) in [5.41, 5.74) is 2.64. The average Bonchev–Trinajstić information content (AvgIpc) is 2.47. The molecule has 0 saturated carbocycles. The largest absolute Gasteiger partial charge is 0.487 e. The number of aryl methyl sites for hydroxylation is 1. The molecule has 2 aromatic rings. The van der Waals surface area contributed by atoms with Gasteiger partial charge in [-0.15, -0.1) is 0 Å². The van der Waals surface area contributed by atoms with Crippen molar-refractivity contribution in [2.24, 2.45) is 0 Å². The quantitative estimate of drug-likeness (QED) is 0.719. The van der Waals surface area contributed by atoms with Gasteiger partial charge in [0.2, 0.25) is 0 Å². The first kappa shape index (κ1) is 16.3. The molecule has 1 aliphatic heterocycles. The predicted molar refractivity (Wildman–Crippen MR) is 99.9 cm³/mol. The van der Waals surface area contributed by atoms with E-state index in [0.717, 1.165) is 21.3 Å². The van der Waals surface area contributed by atoms with Gasteiger partial charge in [-0.3, -0.25) is 4.79 Å². The SMILES string of the molecule is Cc1ccc2c(c1)[C@H](NC(=O)c1ccccc1I)CC(C)(C)O2.